The molecule has 0 bridgehead atoms. The number of ether oxygens (including phenoxy) is 1. The van der Waals surface area contributed by atoms with E-state index in [1.165, 1.54) is 17.6 Å². The van der Waals surface area contributed by atoms with Crippen LogP contribution in [0.1, 0.15) is 50.4 Å². The Bertz CT molecular complexity index is 1020. The van der Waals surface area contributed by atoms with Crippen molar-refractivity contribution in [3.63, 3.8) is 0 Å². The molecular weight excluding hydrogens is 344 g/mol. The first-order chi connectivity index (χ1) is 13.7. The van der Waals surface area contributed by atoms with Crippen LogP contribution in [0.2, 0.25) is 0 Å². The minimum absolute atomic E-state index is 0.407. The van der Waals surface area contributed by atoms with E-state index in [2.05, 4.69) is 79.3 Å². The van der Waals surface area contributed by atoms with E-state index in [0.29, 0.717) is 17.8 Å². The van der Waals surface area contributed by atoms with Gasteiger partial charge < -0.3 is 4.74 Å². The summed E-state index contributed by atoms with van der Waals surface area (Å²) in [6, 6.07) is 6.56. The first-order valence-electron chi connectivity index (χ1n) is 10.3. The van der Waals surface area contributed by atoms with Crippen LogP contribution < -0.4 is 4.74 Å². The lowest BCUT2D eigenvalue weighted by atomic mass is 10.0. The van der Waals surface area contributed by atoms with Crippen LogP contribution in [0.5, 0.6) is 5.75 Å². The molecule has 0 aliphatic heterocycles. The number of allylic oxidation sites excluding steroid dienone is 8. The highest BCUT2D eigenvalue weighted by Crippen LogP contribution is 2.51. The van der Waals surface area contributed by atoms with E-state index in [1.807, 2.05) is 6.20 Å². The molecule has 1 aromatic heterocycles. The molecule has 3 aliphatic carbocycles. The number of fused-ring (bicyclic) bond motifs is 1. The van der Waals surface area contributed by atoms with Crippen LogP contribution in [0.15, 0.2) is 72.8 Å². The van der Waals surface area contributed by atoms with Crippen molar-refractivity contribution in [1.82, 2.24) is 9.55 Å². The molecule has 1 saturated carbocycles. The van der Waals surface area contributed by atoms with Crippen molar-refractivity contribution in [3.8, 4) is 11.4 Å². The molecule has 1 aromatic carbocycles. The lowest BCUT2D eigenvalue weighted by molar-refractivity contribution is 0.396. The summed E-state index contributed by atoms with van der Waals surface area (Å²) in [5.41, 5.74) is 3.70. The molecule has 1 fully saturated rings. The second-order valence-electron chi connectivity index (χ2n) is 8.21. The lowest BCUT2D eigenvalue weighted by Crippen LogP contribution is -2.06. The van der Waals surface area contributed by atoms with Gasteiger partial charge in [0.1, 0.15) is 17.3 Å². The van der Waals surface area contributed by atoms with E-state index in [1.54, 1.807) is 0 Å². The predicted molar refractivity (Wildman–Crippen MR) is 113 cm³/mol. The van der Waals surface area contributed by atoms with Gasteiger partial charge in [-0.2, -0.15) is 0 Å². The lowest BCUT2D eigenvalue weighted by Gasteiger charge is -2.19. The quantitative estimate of drug-likeness (QED) is 0.627. The van der Waals surface area contributed by atoms with Gasteiger partial charge >= 0.3 is 0 Å². The number of benzene rings is 1. The van der Waals surface area contributed by atoms with Crippen LogP contribution >= 0.6 is 0 Å². The van der Waals surface area contributed by atoms with Gasteiger partial charge in [-0.15, -0.1) is 0 Å². The molecule has 3 heteroatoms. The van der Waals surface area contributed by atoms with Gasteiger partial charge in [0.2, 0.25) is 0 Å². The third-order valence-electron chi connectivity index (χ3n) is 5.89. The Balaban J connectivity index is 1.53. The summed E-state index contributed by atoms with van der Waals surface area (Å²) in [5.74, 6) is 4.79. The summed E-state index contributed by atoms with van der Waals surface area (Å²) in [6.45, 7) is 4.43. The smallest absolute Gasteiger partial charge is 0.140 e. The van der Waals surface area contributed by atoms with Crippen LogP contribution in [-0.2, 0) is 0 Å². The zero-order valence-corrected chi connectivity index (χ0v) is 16.5. The molecule has 0 N–H and O–H groups in total. The molecule has 1 heterocycles. The monoisotopic (exact) mass is 370 g/mol. The van der Waals surface area contributed by atoms with Crippen molar-refractivity contribution in [2.75, 3.05) is 0 Å². The fourth-order valence-corrected chi connectivity index (χ4v) is 4.22. The SMILES string of the molecule is CC(C)c1ccc(-n2ccnc2C2=CC=CC3CC23)cc1OC1=CC=CCC1. The predicted octanol–water partition coefficient (Wildman–Crippen LogP) is 6.20. The molecule has 2 atom stereocenters. The Morgan fingerprint density at radius 1 is 1.18 bits per heavy atom. The summed E-state index contributed by atoms with van der Waals surface area (Å²) in [4.78, 5) is 4.70. The number of aromatic nitrogens is 2. The average molecular weight is 370 g/mol. The maximum atomic E-state index is 6.35. The highest BCUT2D eigenvalue weighted by Gasteiger charge is 2.41. The Hall–Kier alpha value is -2.81. The van der Waals surface area contributed by atoms with Gasteiger partial charge in [0, 0.05) is 24.9 Å². The van der Waals surface area contributed by atoms with Crippen LogP contribution in [-0.4, -0.2) is 9.55 Å². The highest BCUT2D eigenvalue weighted by molar-refractivity contribution is 5.70. The molecule has 3 aliphatic rings. The number of hydrogen-bond acceptors (Lipinski definition) is 2. The molecule has 0 amide bonds. The third-order valence-corrected chi connectivity index (χ3v) is 5.89. The Kier molecular flexibility index (Phi) is 4.31. The molecule has 0 spiro atoms. The molecular formula is C25H26N2O. The van der Waals surface area contributed by atoms with E-state index in [9.17, 15) is 0 Å². The maximum Gasteiger partial charge on any atom is 0.140 e. The van der Waals surface area contributed by atoms with E-state index in [0.717, 1.165) is 35.9 Å². The zero-order chi connectivity index (χ0) is 19.1. The molecule has 2 unspecified atom stereocenters. The minimum atomic E-state index is 0.407. The second kappa shape index (κ2) is 6.97. The first-order valence-corrected chi connectivity index (χ1v) is 10.3. The summed E-state index contributed by atoms with van der Waals surface area (Å²) >= 11 is 0. The molecule has 5 rings (SSSR count). The van der Waals surface area contributed by atoms with Crippen molar-refractivity contribution in [2.24, 2.45) is 11.8 Å². The average Bonchev–Trinajstić information content (AvgIpc) is 3.35. The number of imidazole rings is 1. The maximum absolute atomic E-state index is 6.35. The normalized spacial score (nSPS) is 22.7. The van der Waals surface area contributed by atoms with E-state index >= 15 is 0 Å². The number of nitrogens with zero attached hydrogens (tertiary/aromatic N) is 2. The van der Waals surface area contributed by atoms with Gasteiger partial charge in [-0.1, -0.05) is 50.3 Å². The summed E-state index contributed by atoms with van der Waals surface area (Å²) in [5, 5.41) is 0. The van der Waals surface area contributed by atoms with Crippen LogP contribution in [0.3, 0.4) is 0 Å². The Morgan fingerprint density at radius 3 is 2.93 bits per heavy atom. The van der Waals surface area contributed by atoms with Gasteiger partial charge in [-0.05, 0) is 53.9 Å². The highest BCUT2D eigenvalue weighted by atomic mass is 16.5. The summed E-state index contributed by atoms with van der Waals surface area (Å²) < 4.78 is 8.55. The standard InChI is InChI=1S/C25H26N2O/c1-17(2)21-12-11-19(16-24(21)28-20-8-4-3-5-9-20)27-14-13-26-25(27)22-10-6-7-18-15-23(18)22/h3-4,6-8,10-14,16-18,23H,5,9,15H2,1-2H3. The molecule has 28 heavy (non-hydrogen) atoms. The fourth-order valence-electron chi connectivity index (χ4n) is 4.22. The Morgan fingerprint density at radius 2 is 2.11 bits per heavy atom. The van der Waals surface area contributed by atoms with Gasteiger partial charge in [0.25, 0.3) is 0 Å². The topological polar surface area (TPSA) is 27.1 Å². The second-order valence-corrected chi connectivity index (χ2v) is 8.21. The van der Waals surface area contributed by atoms with Crippen molar-refractivity contribution in [2.45, 2.75) is 39.0 Å². The van der Waals surface area contributed by atoms with E-state index in [4.69, 9.17) is 9.72 Å². The largest absolute Gasteiger partial charge is 0.461 e. The molecule has 0 radical (unpaired) electrons. The zero-order valence-electron chi connectivity index (χ0n) is 16.5. The summed E-state index contributed by atoms with van der Waals surface area (Å²) in [7, 11) is 0. The van der Waals surface area contributed by atoms with Crippen molar-refractivity contribution < 1.29 is 4.74 Å². The van der Waals surface area contributed by atoms with Gasteiger partial charge in [0.15, 0.2) is 0 Å². The molecule has 3 nitrogen and oxygen atoms in total. The third kappa shape index (κ3) is 3.15. The van der Waals surface area contributed by atoms with E-state index < -0.39 is 0 Å². The van der Waals surface area contributed by atoms with Gasteiger partial charge in [-0.25, -0.2) is 4.98 Å². The van der Waals surface area contributed by atoms with Crippen molar-refractivity contribution in [3.05, 3.63) is 84.2 Å². The van der Waals surface area contributed by atoms with Crippen LogP contribution in [0.4, 0.5) is 0 Å². The Labute approximate surface area is 166 Å². The van der Waals surface area contributed by atoms with E-state index in [-0.39, 0.29) is 0 Å². The van der Waals surface area contributed by atoms with Crippen LogP contribution in [0.25, 0.3) is 11.3 Å². The van der Waals surface area contributed by atoms with Crippen molar-refractivity contribution >= 4 is 5.57 Å². The van der Waals surface area contributed by atoms with Crippen molar-refractivity contribution in [1.29, 1.82) is 0 Å². The number of rotatable bonds is 5. The fraction of sp³-hybridized carbons (Fsp3) is 0.320. The number of hydrogen-bond donors (Lipinski definition) is 0. The van der Waals surface area contributed by atoms with Crippen LogP contribution in [0, 0.1) is 11.8 Å². The molecule has 2 aromatic rings. The summed E-state index contributed by atoms with van der Waals surface area (Å²) in [6.07, 6.45) is 20.3. The van der Waals surface area contributed by atoms with Gasteiger partial charge in [-0.3, -0.25) is 4.57 Å². The molecule has 142 valence electrons. The minimum Gasteiger partial charge on any atom is -0.461 e. The molecule has 0 saturated heterocycles. The first kappa shape index (κ1) is 17.3. The van der Waals surface area contributed by atoms with Gasteiger partial charge in [0.05, 0.1) is 5.69 Å².